The van der Waals surface area contributed by atoms with E-state index in [9.17, 15) is 12.6 Å². The molecule has 0 saturated heterocycles. The monoisotopic (exact) mass is 293 g/mol. The van der Waals surface area contributed by atoms with Crippen molar-refractivity contribution >= 4 is 41.6 Å². The van der Waals surface area contributed by atoms with Gasteiger partial charge in [-0.2, -0.15) is 0 Å². The van der Waals surface area contributed by atoms with Crippen LogP contribution in [-0.2, 0) is 25.6 Å². The minimum absolute atomic E-state index is 0.117. The molecule has 2 aromatic rings. The normalized spacial score (nSPS) is 14.0. The van der Waals surface area contributed by atoms with Crippen LogP contribution in [0.1, 0.15) is 5.56 Å². The van der Waals surface area contributed by atoms with Gasteiger partial charge in [0.15, 0.2) is 5.58 Å². The van der Waals surface area contributed by atoms with Gasteiger partial charge in [0.1, 0.15) is 16.3 Å². The van der Waals surface area contributed by atoms with E-state index in [2.05, 4.69) is 4.98 Å². The molecule has 0 aliphatic heterocycles. The molecule has 0 N–H and O–H groups in total. The van der Waals surface area contributed by atoms with Crippen molar-refractivity contribution in [3.8, 4) is 0 Å². The molecule has 0 amide bonds. The second-order valence-electron chi connectivity index (χ2n) is 3.42. The van der Waals surface area contributed by atoms with Crippen molar-refractivity contribution in [3.05, 3.63) is 23.8 Å². The van der Waals surface area contributed by atoms with Crippen LogP contribution >= 0.6 is 10.7 Å². The van der Waals surface area contributed by atoms with Crippen LogP contribution in [-0.4, -0.2) is 23.9 Å². The van der Waals surface area contributed by atoms with Gasteiger partial charge in [-0.25, -0.2) is 17.6 Å². The highest BCUT2D eigenvalue weighted by Crippen LogP contribution is 2.20. The Bertz CT molecular complexity index is 692. The summed E-state index contributed by atoms with van der Waals surface area (Å²) in [5, 5.41) is 0.117. The lowest BCUT2D eigenvalue weighted by Gasteiger charge is -1.96. The first-order valence-electron chi connectivity index (χ1n) is 4.50. The van der Waals surface area contributed by atoms with Crippen molar-refractivity contribution in [3.63, 3.8) is 0 Å². The summed E-state index contributed by atoms with van der Waals surface area (Å²) in [5.41, 5.74) is 1.43. The summed E-state index contributed by atoms with van der Waals surface area (Å²) in [7, 11) is 0.237. The summed E-state index contributed by atoms with van der Waals surface area (Å²) in [6.07, 6.45) is 1.45. The van der Waals surface area contributed by atoms with E-state index in [1.165, 1.54) is 12.3 Å². The van der Waals surface area contributed by atoms with Gasteiger partial charge >= 0.3 is 0 Å². The zero-order valence-corrected chi connectivity index (χ0v) is 11.1. The van der Waals surface area contributed by atoms with Gasteiger partial charge in [0.2, 0.25) is 9.05 Å². The van der Waals surface area contributed by atoms with Gasteiger partial charge in [-0.05, 0) is 17.7 Å². The van der Waals surface area contributed by atoms with Crippen LogP contribution in [0.4, 0.5) is 0 Å². The summed E-state index contributed by atoms with van der Waals surface area (Å²) < 4.78 is 38.2. The third-order valence-corrected chi connectivity index (χ3v) is 3.69. The van der Waals surface area contributed by atoms with Crippen molar-refractivity contribution in [1.29, 1.82) is 0 Å². The molecule has 92 valence electrons. The molecule has 0 fully saturated rings. The molecule has 1 aromatic carbocycles. The molecule has 0 bridgehead atoms. The van der Waals surface area contributed by atoms with Crippen molar-refractivity contribution in [2.75, 3.05) is 6.26 Å². The van der Waals surface area contributed by atoms with Gasteiger partial charge < -0.3 is 4.42 Å². The highest BCUT2D eigenvalue weighted by Gasteiger charge is 2.12. The Morgan fingerprint density at radius 2 is 2.18 bits per heavy atom. The van der Waals surface area contributed by atoms with Gasteiger partial charge in [-0.1, -0.05) is 6.07 Å². The lowest BCUT2D eigenvalue weighted by atomic mass is 10.2. The number of hydrogen-bond donors (Lipinski definition) is 0. The standard InChI is InChI=1S/C9H8ClNO4S2/c1-16(12)9-11-7-3-2-6(4-8(7)15-9)5-17(10,13)14/h2-4H,5H2,1H3. The number of nitrogens with zero attached hydrogens (tertiary/aromatic N) is 1. The molecule has 0 aliphatic carbocycles. The quantitative estimate of drug-likeness (QED) is 0.804. The molecule has 0 saturated carbocycles. The lowest BCUT2D eigenvalue weighted by molar-refractivity contribution is 0.479. The smallest absolute Gasteiger partial charge is 0.287 e. The number of hydrogen-bond acceptors (Lipinski definition) is 5. The Hall–Kier alpha value is -0.920. The minimum atomic E-state index is -3.61. The Morgan fingerprint density at radius 1 is 1.47 bits per heavy atom. The molecule has 1 heterocycles. The molecule has 2 rings (SSSR count). The van der Waals surface area contributed by atoms with E-state index < -0.39 is 19.9 Å². The van der Waals surface area contributed by atoms with Crippen molar-refractivity contribution < 1.29 is 17.0 Å². The molecule has 1 atom stereocenters. The number of halogens is 1. The second kappa shape index (κ2) is 4.40. The van der Waals surface area contributed by atoms with E-state index in [1.807, 2.05) is 0 Å². The zero-order chi connectivity index (χ0) is 12.6. The van der Waals surface area contributed by atoms with Gasteiger partial charge in [-0.3, -0.25) is 0 Å². The zero-order valence-electron chi connectivity index (χ0n) is 8.71. The van der Waals surface area contributed by atoms with Crippen molar-refractivity contribution in [1.82, 2.24) is 4.98 Å². The topological polar surface area (TPSA) is 77.2 Å². The van der Waals surface area contributed by atoms with Crippen LogP contribution in [0.3, 0.4) is 0 Å². The van der Waals surface area contributed by atoms with Crippen LogP contribution in [0.5, 0.6) is 0 Å². The fourth-order valence-corrected chi connectivity index (χ4v) is 2.75. The SMILES string of the molecule is CS(=O)c1nc2ccc(CS(=O)(=O)Cl)cc2o1. The molecule has 0 spiro atoms. The molecule has 1 aromatic heterocycles. The highest BCUT2D eigenvalue weighted by atomic mass is 35.7. The van der Waals surface area contributed by atoms with Crippen LogP contribution in [0.15, 0.2) is 27.8 Å². The summed E-state index contributed by atoms with van der Waals surface area (Å²) >= 11 is 0. The number of oxazole rings is 1. The molecular formula is C9H8ClNO4S2. The molecule has 0 radical (unpaired) electrons. The molecule has 17 heavy (non-hydrogen) atoms. The first-order valence-corrected chi connectivity index (χ1v) is 8.54. The maximum Gasteiger partial charge on any atom is 0.287 e. The summed E-state index contributed by atoms with van der Waals surface area (Å²) in [6, 6.07) is 4.72. The van der Waals surface area contributed by atoms with E-state index in [0.717, 1.165) is 0 Å². The average molecular weight is 294 g/mol. The number of fused-ring (bicyclic) bond motifs is 1. The fraction of sp³-hybridized carbons (Fsp3) is 0.222. The van der Waals surface area contributed by atoms with E-state index in [1.54, 1.807) is 12.1 Å². The van der Waals surface area contributed by atoms with Crippen LogP contribution in [0, 0.1) is 0 Å². The van der Waals surface area contributed by atoms with Gasteiger partial charge in [0.05, 0.1) is 5.75 Å². The maximum absolute atomic E-state index is 11.2. The fourth-order valence-electron chi connectivity index (χ4n) is 1.36. The van der Waals surface area contributed by atoms with Crippen molar-refractivity contribution in [2.24, 2.45) is 0 Å². The Labute approximate surface area is 105 Å². The summed E-state index contributed by atoms with van der Waals surface area (Å²) in [6.45, 7) is 0. The number of aromatic nitrogens is 1. The van der Waals surface area contributed by atoms with Gasteiger partial charge in [0.25, 0.3) is 5.22 Å². The van der Waals surface area contributed by atoms with E-state index in [4.69, 9.17) is 15.1 Å². The van der Waals surface area contributed by atoms with Crippen LogP contribution < -0.4 is 0 Å². The van der Waals surface area contributed by atoms with E-state index >= 15 is 0 Å². The molecule has 5 nitrogen and oxygen atoms in total. The van der Waals surface area contributed by atoms with E-state index in [0.29, 0.717) is 16.7 Å². The molecule has 1 unspecified atom stereocenters. The first kappa shape index (κ1) is 12.5. The van der Waals surface area contributed by atoms with Gasteiger partial charge in [0, 0.05) is 16.9 Å². The third-order valence-electron chi connectivity index (χ3n) is 2.02. The Morgan fingerprint density at radius 3 is 2.76 bits per heavy atom. The highest BCUT2D eigenvalue weighted by molar-refractivity contribution is 8.13. The molecule has 0 aliphatic rings. The van der Waals surface area contributed by atoms with Gasteiger partial charge in [-0.15, -0.1) is 0 Å². The summed E-state index contributed by atoms with van der Waals surface area (Å²) in [5.74, 6) is -0.282. The lowest BCUT2D eigenvalue weighted by Crippen LogP contribution is -1.94. The largest absolute Gasteiger partial charge is 0.430 e. The second-order valence-corrected chi connectivity index (χ2v) is 7.45. The first-order chi connectivity index (χ1) is 7.85. The Balaban J connectivity index is 2.47. The summed E-state index contributed by atoms with van der Waals surface area (Å²) in [4.78, 5) is 4.00. The number of benzene rings is 1. The molecular weight excluding hydrogens is 286 g/mol. The Kier molecular flexibility index (Phi) is 3.24. The maximum atomic E-state index is 11.2. The predicted octanol–water partition coefficient (Wildman–Crippen LogP) is 1.63. The molecule has 8 heteroatoms. The third kappa shape index (κ3) is 3.05. The minimum Gasteiger partial charge on any atom is -0.430 e. The van der Waals surface area contributed by atoms with Crippen LogP contribution in [0.25, 0.3) is 11.1 Å². The predicted molar refractivity (Wildman–Crippen MR) is 64.8 cm³/mol. The number of rotatable bonds is 3. The van der Waals surface area contributed by atoms with Crippen LogP contribution in [0.2, 0.25) is 0 Å². The average Bonchev–Trinajstić information content (AvgIpc) is 2.57. The van der Waals surface area contributed by atoms with E-state index in [-0.39, 0.29) is 11.0 Å². The van der Waals surface area contributed by atoms with Crippen molar-refractivity contribution in [2.45, 2.75) is 11.0 Å².